The van der Waals surface area contributed by atoms with Gasteiger partial charge in [-0.25, -0.2) is 4.79 Å². The Morgan fingerprint density at radius 3 is 3.17 bits per heavy atom. The van der Waals surface area contributed by atoms with Crippen molar-refractivity contribution in [2.45, 2.75) is 13.0 Å². The minimum Gasteiger partial charge on any atom is -0.456 e. The van der Waals surface area contributed by atoms with Crippen molar-refractivity contribution in [1.82, 2.24) is 10.6 Å². The van der Waals surface area contributed by atoms with Crippen LogP contribution in [0.3, 0.4) is 0 Å². The van der Waals surface area contributed by atoms with Gasteiger partial charge in [-0.05, 0) is 19.1 Å². The first-order valence-electron chi connectivity index (χ1n) is 3.66. The van der Waals surface area contributed by atoms with Crippen molar-refractivity contribution in [1.29, 1.82) is 0 Å². The highest BCUT2D eigenvalue weighted by Crippen LogP contribution is 2.19. The molecule has 0 bridgehead atoms. The van der Waals surface area contributed by atoms with Crippen LogP contribution in [-0.4, -0.2) is 23.7 Å². The molecule has 0 aromatic rings. The van der Waals surface area contributed by atoms with E-state index in [1.165, 1.54) is 0 Å². The van der Waals surface area contributed by atoms with Crippen LogP contribution in [0.2, 0.25) is 0 Å². The second kappa shape index (κ2) is 2.45. The highest BCUT2D eigenvalue weighted by Gasteiger charge is 2.33. The average Bonchev–Trinajstić information content (AvgIpc) is 2.31. The molecule has 0 saturated heterocycles. The molecule has 2 aliphatic heterocycles. The Morgan fingerprint density at radius 1 is 1.67 bits per heavy atom. The van der Waals surface area contributed by atoms with Gasteiger partial charge in [0.25, 0.3) is 0 Å². The molecule has 0 fully saturated rings. The number of hydrogen-bond donors (Lipinski definition) is 2. The zero-order valence-corrected chi connectivity index (χ0v) is 7.33. The van der Waals surface area contributed by atoms with E-state index in [0.717, 1.165) is 5.70 Å². The molecule has 12 heavy (non-hydrogen) atoms. The normalized spacial score (nSPS) is 27.6. The molecule has 1 atom stereocenters. The molecule has 4 nitrogen and oxygen atoms in total. The summed E-state index contributed by atoms with van der Waals surface area (Å²) < 4.78 is 4.84. The lowest BCUT2D eigenvalue weighted by Gasteiger charge is -2.22. The number of cyclic esters (lactones) is 1. The van der Waals surface area contributed by atoms with E-state index in [-0.39, 0.29) is 12.0 Å². The van der Waals surface area contributed by atoms with Crippen molar-refractivity contribution in [2.75, 3.05) is 6.61 Å². The largest absolute Gasteiger partial charge is 0.456 e. The summed E-state index contributed by atoms with van der Waals surface area (Å²) in [5.74, 6) is -0.250. The Balaban J connectivity index is 2.37. The lowest BCUT2D eigenvalue weighted by molar-refractivity contribution is -0.136. The smallest absolute Gasteiger partial charge is 0.338 e. The van der Waals surface area contributed by atoms with Gasteiger partial charge in [-0.2, -0.15) is 0 Å². The molecular formula is C7H8N2O2S. The van der Waals surface area contributed by atoms with Crippen molar-refractivity contribution in [3.05, 3.63) is 11.3 Å². The SMILES string of the molecule is CC1NC(=S)NC2=C1C(=O)OC2. The van der Waals surface area contributed by atoms with Gasteiger partial charge < -0.3 is 15.4 Å². The van der Waals surface area contributed by atoms with Gasteiger partial charge in [-0.1, -0.05) is 0 Å². The van der Waals surface area contributed by atoms with E-state index < -0.39 is 0 Å². The molecule has 0 aromatic heterocycles. The summed E-state index contributed by atoms with van der Waals surface area (Å²) in [5, 5.41) is 6.39. The third-order valence-corrected chi connectivity index (χ3v) is 2.16. The van der Waals surface area contributed by atoms with Crippen molar-refractivity contribution < 1.29 is 9.53 Å². The van der Waals surface area contributed by atoms with Gasteiger partial charge >= 0.3 is 5.97 Å². The maximum atomic E-state index is 11.1. The molecule has 0 spiro atoms. The fourth-order valence-electron chi connectivity index (χ4n) is 1.40. The minimum absolute atomic E-state index is 0.0382. The Morgan fingerprint density at radius 2 is 2.42 bits per heavy atom. The topological polar surface area (TPSA) is 50.4 Å². The molecule has 0 aliphatic carbocycles. The molecule has 0 radical (unpaired) electrons. The Kier molecular flexibility index (Phi) is 1.54. The summed E-state index contributed by atoms with van der Waals surface area (Å²) >= 11 is 4.92. The summed E-state index contributed by atoms with van der Waals surface area (Å²) in [6.45, 7) is 2.20. The summed E-state index contributed by atoms with van der Waals surface area (Å²) in [7, 11) is 0. The van der Waals surface area contributed by atoms with Crippen molar-refractivity contribution in [3.8, 4) is 0 Å². The average molecular weight is 184 g/mol. The van der Waals surface area contributed by atoms with E-state index in [4.69, 9.17) is 17.0 Å². The van der Waals surface area contributed by atoms with Crippen molar-refractivity contribution in [3.63, 3.8) is 0 Å². The number of rotatable bonds is 0. The van der Waals surface area contributed by atoms with Crippen LogP contribution >= 0.6 is 12.2 Å². The van der Waals surface area contributed by atoms with Gasteiger partial charge in [0.2, 0.25) is 0 Å². The van der Waals surface area contributed by atoms with Crippen LogP contribution in [0.5, 0.6) is 0 Å². The molecule has 64 valence electrons. The number of ether oxygens (including phenoxy) is 1. The summed E-state index contributed by atoms with van der Waals surface area (Å²) in [4.78, 5) is 11.1. The van der Waals surface area contributed by atoms with E-state index in [2.05, 4.69) is 10.6 Å². The zero-order valence-electron chi connectivity index (χ0n) is 6.51. The molecule has 2 aliphatic rings. The van der Waals surface area contributed by atoms with Gasteiger partial charge in [0, 0.05) is 0 Å². The van der Waals surface area contributed by atoms with Gasteiger partial charge in [0.15, 0.2) is 5.11 Å². The molecule has 1 unspecified atom stereocenters. The van der Waals surface area contributed by atoms with E-state index in [0.29, 0.717) is 17.3 Å². The molecule has 5 heteroatoms. The Bertz CT molecular complexity index is 298. The fourth-order valence-corrected chi connectivity index (χ4v) is 1.70. The van der Waals surface area contributed by atoms with E-state index in [1.54, 1.807) is 0 Å². The minimum atomic E-state index is -0.250. The van der Waals surface area contributed by atoms with Crippen LogP contribution in [0.4, 0.5) is 0 Å². The van der Waals surface area contributed by atoms with E-state index >= 15 is 0 Å². The van der Waals surface area contributed by atoms with Crippen LogP contribution < -0.4 is 10.6 Å². The first-order valence-corrected chi connectivity index (χ1v) is 4.07. The van der Waals surface area contributed by atoms with Crippen LogP contribution in [0, 0.1) is 0 Å². The zero-order chi connectivity index (χ0) is 8.72. The van der Waals surface area contributed by atoms with Gasteiger partial charge in [-0.15, -0.1) is 0 Å². The third kappa shape index (κ3) is 0.972. The molecular weight excluding hydrogens is 176 g/mol. The second-order valence-corrected chi connectivity index (χ2v) is 3.20. The monoisotopic (exact) mass is 184 g/mol. The Labute approximate surface area is 75.0 Å². The maximum Gasteiger partial charge on any atom is 0.338 e. The van der Waals surface area contributed by atoms with E-state index in [1.807, 2.05) is 6.92 Å². The number of thiocarbonyl (C=S) groups is 1. The predicted octanol–water partition coefficient (Wildman–Crippen LogP) is -0.337. The predicted molar refractivity (Wildman–Crippen MR) is 46.3 cm³/mol. The van der Waals surface area contributed by atoms with Gasteiger partial charge in [0.05, 0.1) is 17.3 Å². The van der Waals surface area contributed by atoms with Gasteiger partial charge in [0.1, 0.15) is 6.61 Å². The highest BCUT2D eigenvalue weighted by atomic mass is 32.1. The number of hydrogen-bond acceptors (Lipinski definition) is 3. The summed E-state index contributed by atoms with van der Waals surface area (Å²) in [6, 6.07) is -0.0382. The van der Waals surface area contributed by atoms with Crippen LogP contribution in [-0.2, 0) is 9.53 Å². The first kappa shape index (κ1) is 7.54. The van der Waals surface area contributed by atoms with Crippen LogP contribution in [0.1, 0.15) is 6.92 Å². The number of carbonyl (C=O) groups excluding carboxylic acids is 1. The number of carbonyl (C=O) groups is 1. The summed E-state index contributed by atoms with van der Waals surface area (Å²) in [5.41, 5.74) is 1.47. The van der Waals surface area contributed by atoms with Crippen LogP contribution in [0.15, 0.2) is 11.3 Å². The second-order valence-electron chi connectivity index (χ2n) is 2.79. The molecule has 2 rings (SSSR count). The lowest BCUT2D eigenvalue weighted by atomic mass is 10.1. The van der Waals surface area contributed by atoms with Crippen LogP contribution in [0.25, 0.3) is 0 Å². The molecule has 2 heterocycles. The van der Waals surface area contributed by atoms with Crippen molar-refractivity contribution >= 4 is 23.3 Å². The van der Waals surface area contributed by atoms with Gasteiger partial charge in [-0.3, -0.25) is 0 Å². The standard InChI is InChI=1S/C7H8N2O2S/c1-3-5-4(2-11-6(5)10)9-7(12)8-3/h3H,2H2,1H3,(H2,8,9,12). The highest BCUT2D eigenvalue weighted by molar-refractivity contribution is 7.80. The third-order valence-electron chi connectivity index (χ3n) is 1.94. The fraction of sp³-hybridized carbons (Fsp3) is 0.429. The maximum absolute atomic E-state index is 11.1. The molecule has 0 amide bonds. The molecule has 0 saturated carbocycles. The Hall–Kier alpha value is -1.10. The summed E-state index contributed by atoms with van der Waals surface area (Å²) in [6.07, 6.45) is 0. The molecule has 0 aromatic carbocycles. The quantitative estimate of drug-likeness (QED) is 0.398. The number of esters is 1. The van der Waals surface area contributed by atoms with E-state index in [9.17, 15) is 4.79 Å². The molecule has 2 N–H and O–H groups in total. The first-order chi connectivity index (χ1) is 5.68. The van der Waals surface area contributed by atoms with Crippen molar-refractivity contribution in [2.24, 2.45) is 0 Å². The number of nitrogens with one attached hydrogen (secondary N) is 2. The lowest BCUT2D eigenvalue weighted by Crippen LogP contribution is -2.47.